The Morgan fingerprint density at radius 2 is 2.30 bits per heavy atom. The Morgan fingerprint density at radius 3 is 2.95 bits per heavy atom. The second-order valence-electron chi connectivity index (χ2n) is 5.47. The molecule has 20 heavy (non-hydrogen) atoms. The van der Waals surface area contributed by atoms with Crippen molar-refractivity contribution >= 4 is 0 Å². The summed E-state index contributed by atoms with van der Waals surface area (Å²) in [5.41, 5.74) is 7.62. The van der Waals surface area contributed by atoms with E-state index < -0.39 is 0 Å². The molecule has 4 nitrogen and oxygen atoms in total. The van der Waals surface area contributed by atoms with Gasteiger partial charge in [-0.25, -0.2) is 0 Å². The standard InChI is InChI=1S/C16H26N2O2/c1-4-15(17)16(18-8-9-20-12(2)11-18)13-6-5-7-14(10-13)19-3/h5-7,10,12,15-16H,4,8-9,11,17H2,1-3H3. The second-order valence-corrected chi connectivity index (χ2v) is 5.47. The molecule has 1 fully saturated rings. The zero-order valence-corrected chi connectivity index (χ0v) is 12.7. The van der Waals surface area contributed by atoms with Crippen molar-refractivity contribution in [1.82, 2.24) is 4.90 Å². The van der Waals surface area contributed by atoms with Crippen LogP contribution in [0, 0.1) is 0 Å². The van der Waals surface area contributed by atoms with E-state index in [-0.39, 0.29) is 18.2 Å². The Labute approximate surface area is 121 Å². The molecule has 1 aromatic carbocycles. The van der Waals surface area contributed by atoms with Crippen molar-refractivity contribution in [2.75, 3.05) is 26.8 Å². The van der Waals surface area contributed by atoms with Crippen LogP contribution in [0.5, 0.6) is 5.75 Å². The van der Waals surface area contributed by atoms with Crippen molar-refractivity contribution in [2.24, 2.45) is 5.73 Å². The maximum atomic E-state index is 6.39. The third-order valence-electron chi connectivity index (χ3n) is 3.98. The highest BCUT2D eigenvalue weighted by atomic mass is 16.5. The summed E-state index contributed by atoms with van der Waals surface area (Å²) in [6.45, 7) is 6.89. The van der Waals surface area contributed by atoms with Gasteiger partial charge in [0.2, 0.25) is 0 Å². The number of nitrogens with two attached hydrogens (primary N) is 1. The number of benzene rings is 1. The van der Waals surface area contributed by atoms with E-state index in [1.165, 1.54) is 5.56 Å². The zero-order valence-electron chi connectivity index (χ0n) is 12.7. The molecule has 1 saturated heterocycles. The maximum absolute atomic E-state index is 6.39. The van der Waals surface area contributed by atoms with Crippen LogP contribution in [0.25, 0.3) is 0 Å². The maximum Gasteiger partial charge on any atom is 0.119 e. The number of ether oxygens (including phenoxy) is 2. The number of nitrogens with zero attached hydrogens (tertiary/aromatic N) is 1. The van der Waals surface area contributed by atoms with E-state index in [9.17, 15) is 0 Å². The van der Waals surface area contributed by atoms with Gasteiger partial charge in [0, 0.05) is 19.1 Å². The molecule has 0 bridgehead atoms. The Bertz CT molecular complexity index is 425. The molecule has 1 aromatic rings. The fourth-order valence-corrected chi connectivity index (χ4v) is 2.88. The third-order valence-corrected chi connectivity index (χ3v) is 3.98. The van der Waals surface area contributed by atoms with Gasteiger partial charge in [0.1, 0.15) is 5.75 Å². The van der Waals surface area contributed by atoms with E-state index in [2.05, 4.69) is 30.9 Å². The van der Waals surface area contributed by atoms with Crippen molar-refractivity contribution in [1.29, 1.82) is 0 Å². The minimum Gasteiger partial charge on any atom is -0.497 e. The number of rotatable bonds is 5. The van der Waals surface area contributed by atoms with Gasteiger partial charge in [-0.2, -0.15) is 0 Å². The van der Waals surface area contributed by atoms with Gasteiger partial charge in [0.15, 0.2) is 0 Å². The molecule has 0 spiro atoms. The predicted molar refractivity (Wildman–Crippen MR) is 81.0 cm³/mol. The summed E-state index contributed by atoms with van der Waals surface area (Å²) >= 11 is 0. The Balaban J connectivity index is 2.26. The molecule has 0 radical (unpaired) electrons. The van der Waals surface area contributed by atoms with Crippen molar-refractivity contribution in [3.63, 3.8) is 0 Å². The van der Waals surface area contributed by atoms with Crippen LogP contribution >= 0.6 is 0 Å². The molecule has 1 aliphatic heterocycles. The average molecular weight is 278 g/mol. The Hall–Kier alpha value is -1.10. The van der Waals surface area contributed by atoms with Gasteiger partial charge < -0.3 is 15.2 Å². The predicted octanol–water partition coefficient (Wildman–Crippen LogP) is 2.19. The summed E-state index contributed by atoms with van der Waals surface area (Å²) in [5, 5.41) is 0. The minimum absolute atomic E-state index is 0.118. The molecule has 0 aliphatic carbocycles. The highest BCUT2D eigenvalue weighted by Gasteiger charge is 2.29. The summed E-state index contributed by atoms with van der Waals surface area (Å²) in [6, 6.07) is 8.59. The van der Waals surface area contributed by atoms with E-state index in [1.807, 2.05) is 12.1 Å². The quantitative estimate of drug-likeness (QED) is 0.897. The fourth-order valence-electron chi connectivity index (χ4n) is 2.88. The van der Waals surface area contributed by atoms with Crippen LogP contribution in [0.15, 0.2) is 24.3 Å². The normalized spacial score (nSPS) is 23.3. The first-order valence-electron chi connectivity index (χ1n) is 7.41. The lowest BCUT2D eigenvalue weighted by Crippen LogP contribution is -2.48. The molecule has 2 N–H and O–H groups in total. The number of methoxy groups -OCH3 is 1. The van der Waals surface area contributed by atoms with E-state index in [0.717, 1.165) is 31.9 Å². The summed E-state index contributed by atoms with van der Waals surface area (Å²) in [7, 11) is 1.70. The molecule has 1 aliphatic rings. The van der Waals surface area contributed by atoms with Crippen LogP contribution in [0.2, 0.25) is 0 Å². The van der Waals surface area contributed by atoms with Gasteiger partial charge in [0.25, 0.3) is 0 Å². The molecule has 0 amide bonds. The smallest absolute Gasteiger partial charge is 0.119 e. The molecule has 3 atom stereocenters. The third kappa shape index (κ3) is 3.51. The molecule has 112 valence electrons. The van der Waals surface area contributed by atoms with Gasteiger partial charge >= 0.3 is 0 Å². The van der Waals surface area contributed by atoms with Crippen LogP contribution in [0.3, 0.4) is 0 Å². The van der Waals surface area contributed by atoms with Crippen molar-refractivity contribution in [3.05, 3.63) is 29.8 Å². The van der Waals surface area contributed by atoms with E-state index in [0.29, 0.717) is 0 Å². The minimum atomic E-state index is 0.118. The summed E-state index contributed by atoms with van der Waals surface area (Å²) < 4.78 is 11.0. The van der Waals surface area contributed by atoms with Gasteiger partial charge in [-0.05, 0) is 31.0 Å². The second kappa shape index (κ2) is 7.07. The van der Waals surface area contributed by atoms with Gasteiger partial charge in [-0.3, -0.25) is 4.90 Å². The first-order chi connectivity index (χ1) is 9.65. The summed E-state index contributed by atoms with van der Waals surface area (Å²) in [4.78, 5) is 2.44. The van der Waals surface area contributed by atoms with Crippen LogP contribution in [0.4, 0.5) is 0 Å². The van der Waals surface area contributed by atoms with Crippen molar-refractivity contribution in [2.45, 2.75) is 38.5 Å². The van der Waals surface area contributed by atoms with Crippen LogP contribution < -0.4 is 10.5 Å². The molecular formula is C16H26N2O2. The van der Waals surface area contributed by atoms with E-state index >= 15 is 0 Å². The van der Waals surface area contributed by atoms with E-state index in [4.69, 9.17) is 15.2 Å². The van der Waals surface area contributed by atoms with Gasteiger partial charge in [-0.1, -0.05) is 19.1 Å². The number of morpholine rings is 1. The largest absolute Gasteiger partial charge is 0.497 e. The van der Waals surface area contributed by atoms with Crippen LogP contribution in [-0.2, 0) is 4.74 Å². The number of hydrogen-bond acceptors (Lipinski definition) is 4. The highest BCUT2D eigenvalue weighted by molar-refractivity contribution is 5.31. The lowest BCUT2D eigenvalue weighted by atomic mass is 9.95. The molecule has 4 heteroatoms. The Kier molecular flexibility index (Phi) is 5.40. The molecule has 0 saturated carbocycles. The SMILES string of the molecule is CCC(N)C(c1cccc(OC)c1)N1CCOC(C)C1. The molecular weight excluding hydrogens is 252 g/mol. The van der Waals surface area contributed by atoms with Gasteiger partial charge in [-0.15, -0.1) is 0 Å². The average Bonchev–Trinajstić information content (AvgIpc) is 2.47. The number of hydrogen-bond donors (Lipinski definition) is 1. The van der Waals surface area contributed by atoms with Crippen molar-refractivity contribution < 1.29 is 9.47 Å². The van der Waals surface area contributed by atoms with Gasteiger partial charge in [0.05, 0.1) is 25.9 Å². The Morgan fingerprint density at radius 1 is 1.50 bits per heavy atom. The van der Waals surface area contributed by atoms with E-state index in [1.54, 1.807) is 7.11 Å². The molecule has 1 heterocycles. The summed E-state index contributed by atoms with van der Waals surface area (Å²) in [5.74, 6) is 0.886. The first-order valence-corrected chi connectivity index (χ1v) is 7.41. The lowest BCUT2D eigenvalue weighted by Gasteiger charge is -2.40. The highest BCUT2D eigenvalue weighted by Crippen LogP contribution is 2.29. The molecule has 0 aromatic heterocycles. The summed E-state index contributed by atoms with van der Waals surface area (Å²) in [6.07, 6.45) is 1.22. The van der Waals surface area contributed by atoms with Crippen molar-refractivity contribution in [3.8, 4) is 5.75 Å². The lowest BCUT2D eigenvalue weighted by molar-refractivity contribution is -0.0386. The molecule has 2 rings (SSSR count). The monoisotopic (exact) mass is 278 g/mol. The first kappa shape index (κ1) is 15.3. The zero-order chi connectivity index (χ0) is 14.5. The fraction of sp³-hybridized carbons (Fsp3) is 0.625. The van der Waals surface area contributed by atoms with Crippen LogP contribution in [0.1, 0.15) is 31.9 Å². The topological polar surface area (TPSA) is 47.7 Å². The van der Waals surface area contributed by atoms with Crippen LogP contribution in [-0.4, -0.2) is 43.9 Å². The molecule has 3 unspecified atom stereocenters.